The Balaban J connectivity index is 0.000000845. The van der Waals surface area contributed by atoms with E-state index < -0.39 is 0 Å². The van der Waals surface area contributed by atoms with Crippen LogP contribution in [0.3, 0.4) is 0 Å². The van der Waals surface area contributed by atoms with Gasteiger partial charge in [-0.15, -0.1) is 0 Å². The van der Waals surface area contributed by atoms with Crippen molar-refractivity contribution in [1.29, 1.82) is 0 Å². The maximum Gasteiger partial charge on any atom is 0.215 e. The fourth-order valence-electron chi connectivity index (χ4n) is 1.14. The van der Waals surface area contributed by atoms with Crippen LogP contribution in [-0.4, -0.2) is 44.8 Å². The number of nitrogens with zero attached hydrogens (tertiary/aromatic N) is 1. The van der Waals surface area contributed by atoms with Gasteiger partial charge in [0.2, 0.25) is 5.88 Å². The van der Waals surface area contributed by atoms with Crippen molar-refractivity contribution in [3.05, 3.63) is 30.3 Å². The van der Waals surface area contributed by atoms with Crippen molar-refractivity contribution in [3.63, 3.8) is 0 Å². The summed E-state index contributed by atoms with van der Waals surface area (Å²) in [6.45, 7) is 0. The van der Waals surface area contributed by atoms with Gasteiger partial charge in [-0.2, -0.15) is 0 Å². The predicted molar refractivity (Wildman–Crippen MR) is 50.8 cm³/mol. The van der Waals surface area contributed by atoms with Crippen molar-refractivity contribution in [3.8, 4) is 11.6 Å². The minimum absolute atomic E-state index is 0. The van der Waals surface area contributed by atoms with E-state index >= 15 is 0 Å². The molecule has 0 unspecified atom stereocenters. The van der Waals surface area contributed by atoms with E-state index in [4.69, 9.17) is 5.11 Å². The molecule has 0 atom stereocenters. The summed E-state index contributed by atoms with van der Waals surface area (Å²) in [4.78, 5) is 3.83. The molecule has 0 spiro atoms. The second-order valence-electron chi connectivity index (χ2n) is 2.52. The number of hydrogen-bond acceptors (Lipinski definition) is 3. The van der Waals surface area contributed by atoms with Crippen molar-refractivity contribution >= 4 is 40.5 Å². The quantitative estimate of drug-likeness (QED) is 0.606. The molecule has 2 N–H and O–H groups in total. The first-order valence-corrected chi connectivity index (χ1v) is 3.55. The molecule has 1 heterocycles. The van der Waals surface area contributed by atoms with Gasteiger partial charge in [-0.05, 0) is 12.1 Å². The van der Waals surface area contributed by atoms with Crippen LogP contribution in [0.4, 0.5) is 0 Å². The third-order valence-electron chi connectivity index (χ3n) is 1.68. The number of rotatable bonds is 0. The number of benzene rings is 1. The summed E-state index contributed by atoms with van der Waals surface area (Å²) < 4.78 is 0. The molecular formula is C9H7NNaO2. The first kappa shape index (κ1) is 10.3. The number of aromatic nitrogens is 1. The van der Waals surface area contributed by atoms with Gasteiger partial charge in [0.25, 0.3) is 0 Å². The maximum atomic E-state index is 9.35. The maximum absolute atomic E-state index is 9.35. The van der Waals surface area contributed by atoms with Crippen molar-refractivity contribution in [1.82, 2.24) is 4.98 Å². The molecule has 0 aliphatic rings. The Morgan fingerprint density at radius 2 is 1.77 bits per heavy atom. The Kier molecular flexibility index (Phi) is 3.14. The zero-order chi connectivity index (χ0) is 8.55. The SMILES string of the molecule is Oc1cc(O)c2ccccc2n1.[Na]. The molecule has 0 aliphatic heterocycles. The zero-order valence-corrected chi connectivity index (χ0v) is 9.23. The minimum atomic E-state index is -0.161. The van der Waals surface area contributed by atoms with E-state index in [2.05, 4.69) is 4.98 Å². The number of hydrogen-bond donors (Lipinski definition) is 2. The summed E-state index contributed by atoms with van der Waals surface area (Å²) in [6.07, 6.45) is 0. The molecule has 2 aromatic rings. The molecule has 0 aliphatic carbocycles. The van der Waals surface area contributed by atoms with E-state index in [1.807, 2.05) is 0 Å². The van der Waals surface area contributed by atoms with Crippen LogP contribution in [-0.2, 0) is 0 Å². The number of para-hydroxylation sites is 1. The van der Waals surface area contributed by atoms with E-state index in [1.165, 1.54) is 6.07 Å². The fourth-order valence-corrected chi connectivity index (χ4v) is 1.14. The monoisotopic (exact) mass is 184 g/mol. The Hall–Kier alpha value is -0.770. The minimum Gasteiger partial charge on any atom is -0.507 e. The molecule has 1 aromatic heterocycles. The molecule has 2 rings (SSSR count). The molecule has 13 heavy (non-hydrogen) atoms. The van der Waals surface area contributed by atoms with Crippen LogP contribution in [0.1, 0.15) is 0 Å². The summed E-state index contributed by atoms with van der Waals surface area (Å²) in [7, 11) is 0. The van der Waals surface area contributed by atoms with Crippen molar-refractivity contribution < 1.29 is 10.2 Å². The van der Waals surface area contributed by atoms with Gasteiger partial charge in [-0.25, -0.2) is 4.98 Å². The van der Waals surface area contributed by atoms with Gasteiger partial charge in [0.05, 0.1) is 5.52 Å². The van der Waals surface area contributed by atoms with Crippen LogP contribution in [0.25, 0.3) is 10.9 Å². The normalized spacial score (nSPS) is 9.54. The van der Waals surface area contributed by atoms with Gasteiger partial charge >= 0.3 is 0 Å². The summed E-state index contributed by atoms with van der Waals surface area (Å²) >= 11 is 0. The van der Waals surface area contributed by atoms with Crippen molar-refractivity contribution in [2.75, 3.05) is 0 Å². The van der Waals surface area contributed by atoms with Crippen molar-refractivity contribution in [2.24, 2.45) is 0 Å². The molecule has 61 valence electrons. The largest absolute Gasteiger partial charge is 0.507 e. The standard InChI is InChI=1S/C9H7NO2.Na/c11-8-5-9(12)10-7-4-2-1-3-6(7)8;/h1-5H,(H2,10,11,12);. The molecule has 0 amide bonds. The zero-order valence-electron chi connectivity index (χ0n) is 7.23. The van der Waals surface area contributed by atoms with Gasteiger partial charge < -0.3 is 10.2 Å². The van der Waals surface area contributed by atoms with Gasteiger partial charge in [0.1, 0.15) is 5.75 Å². The van der Waals surface area contributed by atoms with E-state index in [-0.39, 0.29) is 41.2 Å². The van der Waals surface area contributed by atoms with Gasteiger partial charge in [0.15, 0.2) is 0 Å². The Bertz CT molecular complexity index is 431. The molecule has 0 saturated heterocycles. The molecule has 4 heteroatoms. The number of aromatic hydroxyl groups is 2. The number of pyridine rings is 1. The average Bonchev–Trinajstić information content (AvgIpc) is 2.04. The van der Waals surface area contributed by atoms with Crippen molar-refractivity contribution in [2.45, 2.75) is 0 Å². The topological polar surface area (TPSA) is 53.4 Å². The average molecular weight is 184 g/mol. The summed E-state index contributed by atoms with van der Waals surface area (Å²) in [6, 6.07) is 8.31. The van der Waals surface area contributed by atoms with E-state index in [0.29, 0.717) is 10.9 Å². The fraction of sp³-hybridized carbons (Fsp3) is 0. The Morgan fingerprint density at radius 3 is 2.54 bits per heavy atom. The van der Waals surface area contributed by atoms with E-state index in [0.717, 1.165) is 0 Å². The smallest absolute Gasteiger partial charge is 0.215 e. The van der Waals surface area contributed by atoms with Gasteiger partial charge in [0, 0.05) is 41.0 Å². The third-order valence-corrected chi connectivity index (χ3v) is 1.68. The van der Waals surface area contributed by atoms with E-state index in [1.54, 1.807) is 24.3 Å². The van der Waals surface area contributed by atoms with Crippen LogP contribution in [0.15, 0.2) is 30.3 Å². The number of fused-ring (bicyclic) bond motifs is 1. The second kappa shape index (κ2) is 3.96. The van der Waals surface area contributed by atoms with Crippen LogP contribution in [0.2, 0.25) is 0 Å². The first-order valence-electron chi connectivity index (χ1n) is 3.55. The molecular weight excluding hydrogens is 177 g/mol. The van der Waals surface area contributed by atoms with Crippen LogP contribution in [0.5, 0.6) is 11.6 Å². The van der Waals surface area contributed by atoms with Crippen LogP contribution < -0.4 is 0 Å². The summed E-state index contributed by atoms with van der Waals surface area (Å²) in [5.74, 6) is -0.107. The Morgan fingerprint density at radius 1 is 1.08 bits per heavy atom. The predicted octanol–water partition coefficient (Wildman–Crippen LogP) is 1.27. The third kappa shape index (κ3) is 1.94. The second-order valence-corrected chi connectivity index (χ2v) is 2.52. The molecule has 1 radical (unpaired) electrons. The molecule has 0 saturated carbocycles. The summed E-state index contributed by atoms with van der Waals surface area (Å²) in [5.41, 5.74) is 0.593. The van der Waals surface area contributed by atoms with Crippen LogP contribution >= 0.6 is 0 Å². The van der Waals surface area contributed by atoms with Crippen LogP contribution in [0, 0.1) is 0 Å². The molecule has 3 nitrogen and oxygen atoms in total. The first-order chi connectivity index (χ1) is 5.77. The Labute approximate surface area is 97.3 Å². The van der Waals surface area contributed by atoms with Gasteiger partial charge in [-0.1, -0.05) is 12.1 Å². The molecule has 0 fully saturated rings. The molecule has 0 bridgehead atoms. The summed E-state index contributed by atoms with van der Waals surface area (Å²) in [5, 5.41) is 19.0. The molecule has 1 aromatic carbocycles. The van der Waals surface area contributed by atoms with E-state index in [9.17, 15) is 5.11 Å². The van der Waals surface area contributed by atoms with Gasteiger partial charge in [-0.3, -0.25) is 0 Å².